The summed E-state index contributed by atoms with van der Waals surface area (Å²) in [5.74, 6) is 0.490. The molecule has 0 spiro atoms. The molecule has 2 aromatic heterocycles. The number of esters is 1. The number of benzene rings is 1. The Morgan fingerprint density at radius 1 is 1.16 bits per heavy atom. The maximum Gasteiger partial charge on any atom is 0.339 e. The van der Waals surface area contributed by atoms with Crippen LogP contribution in [0.5, 0.6) is 0 Å². The van der Waals surface area contributed by atoms with E-state index in [-0.39, 0.29) is 17.9 Å². The molecule has 32 heavy (non-hydrogen) atoms. The van der Waals surface area contributed by atoms with Crippen LogP contribution in [0.2, 0.25) is 0 Å². The third kappa shape index (κ3) is 3.61. The minimum atomic E-state index is -0.348. The zero-order valence-corrected chi connectivity index (χ0v) is 18.3. The predicted molar refractivity (Wildman–Crippen MR) is 121 cm³/mol. The second-order valence-corrected chi connectivity index (χ2v) is 8.64. The van der Waals surface area contributed by atoms with E-state index < -0.39 is 0 Å². The van der Waals surface area contributed by atoms with Crippen molar-refractivity contribution >= 4 is 28.7 Å². The maximum absolute atomic E-state index is 13.0. The summed E-state index contributed by atoms with van der Waals surface area (Å²) in [6.45, 7) is 4.06. The van der Waals surface area contributed by atoms with Gasteiger partial charge in [-0.2, -0.15) is 0 Å². The molecule has 3 atom stereocenters. The number of carbonyl (C=O) groups is 2. The summed E-state index contributed by atoms with van der Waals surface area (Å²) in [4.78, 5) is 31.8. The highest BCUT2D eigenvalue weighted by Gasteiger charge is 2.42. The molecule has 2 aliphatic rings. The summed E-state index contributed by atoms with van der Waals surface area (Å²) >= 11 is 0. The summed E-state index contributed by atoms with van der Waals surface area (Å²) in [6.07, 6.45) is 7.16. The topological polar surface area (TPSA) is 84.7 Å². The highest BCUT2D eigenvalue weighted by molar-refractivity contribution is 6.00. The average molecular weight is 434 g/mol. The molecule has 1 amide bonds. The first-order chi connectivity index (χ1) is 15.5. The molecule has 1 aromatic carbocycles. The number of pyridine rings is 1. The van der Waals surface area contributed by atoms with E-state index in [9.17, 15) is 9.59 Å². The predicted octanol–water partition coefficient (Wildman–Crippen LogP) is 4.24. The minimum Gasteiger partial charge on any atom is -0.464 e. The number of aromatic nitrogens is 1. The normalized spacial score (nSPS) is 22.2. The van der Waals surface area contributed by atoms with Crippen LogP contribution >= 0.6 is 0 Å². The SMILES string of the molecule is CCOC(=O)c1ccc(N2[C@@H]3CC[C@H]2C[C@@H](NC(=O)c2ccc4ccoc4c2C)C3)nc1. The molecule has 0 radical (unpaired) electrons. The number of nitrogens with zero attached hydrogens (tertiary/aromatic N) is 2. The van der Waals surface area contributed by atoms with Gasteiger partial charge in [-0.15, -0.1) is 0 Å². The molecule has 0 saturated carbocycles. The van der Waals surface area contributed by atoms with Gasteiger partial charge in [0.1, 0.15) is 11.4 Å². The van der Waals surface area contributed by atoms with Crippen molar-refractivity contribution in [2.24, 2.45) is 0 Å². The Labute approximate surface area is 186 Å². The molecule has 7 nitrogen and oxygen atoms in total. The zero-order chi connectivity index (χ0) is 22.2. The van der Waals surface area contributed by atoms with Crippen LogP contribution in [0.3, 0.4) is 0 Å². The van der Waals surface area contributed by atoms with Crippen molar-refractivity contribution in [1.29, 1.82) is 0 Å². The van der Waals surface area contributed by atoms with Gasteiger partial charge in [0, 0.05) is 40.8 Å². The third-order valence-corrected chi connectivity index (χ3v) is 6.71. The lowest BCUT2D eigenvalue weighted by atomic mass is 9.96. The van der Waals surface area contributed by atoms with E-state index in [0.717, 1.165) is 48.0 Å². The smallest absolute Gasteiger partial charge is 0.339 e. The van der Waals surface area contributed by atoms with E-state index >= 15 is 0 Å². The van der Waals surface area contributed by atoms with Crippen LogP contribution in [0, 0.1) is 6.92 Å². The lowest BCUT2D eigenvalue weighted by molar-refractivity contribution is 0.0525. The quantitative estimate of drug-likeness (QED) is 0.606. The van der Waals surface area contributed by atoms with Gasteiger partial charge in [-0.25, -0.2) is 9.78 Å². The van der Waals surface area contributed by atoms with Crippen molar-refractivity contribution in [2.75, 3.05) is 11.5 Å². The molecule has 0 aliphatic carbocycles. The average Bonchev–Trinajstić information content (AvgIpc) is 3.37. The van der Waals surface area contributed by atoms with Gasteiger partial charge in [-0.05, 0) is 63.8 Å². The first-order valence-electron chi connectivity index (χ1n) is 11.2. The Morgan fingerprint density at radius 2 is 1.94 bits per heavy atom. The van der Waals surface area contributed by atoms with E-state index in [0.29, 0.717) is 29.8 Å². The molecule has 3 aromatic rings. The highest BCUT2D eigenvalue weighted by atomic mass is 16.5. The summed E-state index contributed by atoms with van der Waals surface area (Å²) in [5, 5.41) is 4.26. The molecule has 2 fully saturated rings. The van der Waals surface area contributed by atoms with E-state index in [1.54, 1.807) is 25.5 Å². The van der Waals surface area contributed by atoms with E-state index in [1.165, 1.54) is 0 Å². The van der Waals surface area contributed by atoms with Gasteiger partial charge in [-0.3, -0.25) is 4.79 Å². The van der Waals surface area contributed by atoms with Gasteiger partial charge in [-0.1, -0.05) is 6.07 Å². The van der Waals surface area contributed by atoms with E-state index in [4.69, 9.17) is 9.15 Å². The fourth-order valence-electron chi connectivity index (χ4n) is 5.23. The monoisotopic (exact) mass is 433 g/mol. The Balaban J connectivity index is 1.27. The van der Waals surface area contributed by atoms with Gasteiger partial charge in [0.15, 0.2) is 0 Å². The van der Waals surface area contributed by atoms with Crippen molar-refractivity contribution in [3.8, 4) is 0 Å². The van der Waals surface area contributed by atoms with Crippen LogP contribution in [0.15, 0.2) is 47.2 Å². The number of aryl methyl sites for hydroxylation is 1. The molecule has 5 rings (SSSR count). The third-order valence-electron chi connectivity index (χ3n) is 6.71. The summed E-state index contributed by atoms with van der Waals surface area (Å²) in [6, 6.07) is 10.2. The Kier molecular flexibility index (Phi) is 5.33. The Bertz CT molecular complexity index is 1140. The number of piperidine rings is 1. The number of amides is 1. The van der Waals surface area contributed by atoms with Gasteiger partial charge in [0.25, 0.3) is 5.91 Å². The van der Waals surface area contributed by atoms with Crippen molar-refractivity contribution in [1.82, 2.24) is 10.3 Å². The number of carbonyl (C=O) groups excluding carboxylic acids is 2. The minimum absolute atomic E-state index is 0.0458. The van der Waals surface area contributed by atoms with Crippen LogP contribution in [-0.4, -0.2) is 41.6 Å². The molecule has 2 bridgehead atoms. The number of hydrogen-bond acceptors (Lipinski definition) is 6. The van der Waals surface area contributed by atoms with Gasteiger partial charge in [0.05, 0.1) is 18.4 Å². The van der Waals surface area contributed by atoms with Crippen molar-refractivity contribution in [3.63, 3.8) is 0 Å². The molecule has 7 heteroatoms. The number of anilines is 1. The van der Waals surface area contributed by atoms with E-state index in [1.807, 2.05) is 31.2 Å². The second-order valence-electron chi connectivity index (χ2n) is 8.64. The lowest BCUT2D eigenvalue weighted by Gasteiger charge is -2.40. The molecule has 2 saturated heterocycles. The van der Waals surface area contributed by atoms with Crippen LogP contribution < -0.4 is 10.2 Å². The number of hydrogen-bond donors (Lipinski definition) is 1. The fourth-order valence-corrected chi connectivity index (χ4v) is 5.23. The molecule has 4 heterocycles. The van der Waals surface area contributed by atoms with Crippen LogP contribution in [0.1, 0.15) is 58.9 Å². The molecular formula is C25H27N3O4. The molecular weight excluding hydrogens is 406 g/mol. The maximum atomic E-state index is 13.0. The van der Waals surface area contributed by atoms with Gasteiger partial charge < -0.3 is 19.4 Å². The van der Waals surface area contributed by atoms with Crippen molar-refractivity contribution in [3.05, 3.63) is 59.5 Å². The first kappa shape index (κ1) is 20.5. The van der Waals surface area contributed by atoms with Crippen LogP contribution in [0.25, 0.3) is 11.0 Å². The molecule has 2 aliphatic heterocycles. The highest BCUT2D eigenvalue weighted by Crippen LogP contribution is 2.38. The number of nitrogens with one attached hydrogen (secondary N) is 1. The van der Waals surface area contributed by atoms with Crippen molar-refractivity contribution in [2.45, 2.75) is 57.7 Å². The number of rotatable bonds is 5. The summed E-state index contributed by atoms with van der Waals surface area (Å²) < 4.78 is 10.6. The zero-order valence-electron chi connectivity index (χ0n) is 18.3. The summed E-state index contributed by atoms with van der Waals surface area (Å²) in [7, 11) is 0. The standard InChI is InChI=1S/C25H27N3O4/c1-3-31-25(30)17-5-9-22(26-14-17)28-19-6-7-20(28)13-18(12-19)27-24(29)21-8-4-16-10-11-32-23(16)15(21)2/h4-5,8-11,14,18-20H,3,6-7,12-13H2,1-2H3,(H,27,29)/t18-,19+,20-. The summed E-state index contributed by atoms with van der Waals surface area (Å²) in [5.41, 5.74) is 2.77. The fraction of sp³-hybridized carbons (Fsp3) is 0.400. The second kappa shape index (κ2) is 8.30. The van der Waals surface area contributed by atoms with Crippen LogP contribution in [-0.2, 0) is 4.74 Å². The molecule has 1 N–H and O–H groups in total. The van der Waals surface area contributed by atoms with E-state index in [2.05, 4.69) is 15.2 Å². The van der Waals surface area contributed by atoms with Crippen molar-refractivity contribution < 1.29 is 18.7 Å². The Morgan fingerprint density at radius 3 is 2.62 bits per heavy atom. The lowest BCUT2D eigenvalue weighted by Crippen LogP contribution is -2.50. The van der Waals surface area contributed by atoms with Gasteiger partial charge in [0.2, 0.25) is 0 Å². The van der Waals surface area contributed by atoms with Gasteiger partial charge >= 0.3 is 5.97 Å². The molecule has 0 unspecified atom stereocenters. The molecule has 166 valence electrons. The largest absolute Gasteiger partial charge is 0.464 e. The number of ether oxygens (including phenoxy) is 1. The first-order valence-corrected chi connectivity index (χ1v) is 11.2. The Hall–Kier alpha value is -3.35. The van der Waals surface area contributed by atoms with Crippen LogP contribution in [0.4, 0.5) is 5.82 Å². The number of fused-ring (bicyclic) bond motifs is 3. The number of furan rings is 1.